The van der Waals surface area contributed by atoms with Crippen LogP contribution in [0.2, 0.25) is 0 Å². The molecule has 0 atom stereocenters. The standard InChI is InChI=1S/C9H15N3/c1-3-7-5-6-9(12-10)11-8(7)4-2/h5-6H,3-4,10H2,1-2H3,(H,11,12). The van der Waals surface area contributed by atoms with Gasteiger partial charge in [-0.2, -0.15) is 0 Å². The molecule has 66 valence electrons. The van der Waals surface area contributed by atoms with Gasteiger partial charge in [0.05, 0.1) is 0 Å². The van der Waals surface area contributed by atoms with E-state index in [9.17, 15) is 0 Å². The maximum Gasteiger partial charge on any atom is 0.140 e. The van der Waals surface area contributed by atoms with Crippen molar-refractivity contribution in [1.82, 2.24) is 4.98 Å². The van der Waals surface area contributed by atoms with Crippen LogP contribution in [-0.2, 0) is 12.8 Å². The number of hydrazine groups is 1. The molecule has 3 nitrogen and oxygen atoms in total. The molecule has 0 aliphatic rings. The molecular weight excluding hydrogens is 150 g/mol. The molecule has 0 aliphatic carbocycles. The second-order valence-electron chi connectivity index (χ2n) is 2.65. The number of aromatic nitrogens is 1. The highest BCUT2D eigenvalue weighted by Gasteiger charge is 2.00. The van der Waals surface area contributed by atoms with E-state index in [2.05, 4.69) is 30.3 Å². The van der Waals surface area contributed by atoms with Gasteiger partial charge in [0.1, 0.15) is 5.82 Å². The summed E-state index contributed by atoms with van der Waals surface area (Å²) in [6.07, 6.45) is 1.99. The van der Waals surface area contributed by atoms with E-state index >= 15 is 0 Å². The van der Waals surface area contributed by atoms with E-state index in [0.717, 1.165) is 24.4 Å². The highest BCUT2D eigenvalue weighted by atomic mass is 15.2. The summed E-state index contributed by atoms with van der Waals surface area (Å²) < 4.78 is 0. The Morgan fingerprint density at radius 2 is 2.08 bits per heavy atom. The summed E-state index contributed by atoms with van der Waals surface area (Å²) in [5.74, 6) is 5.99. The lowest BCUT2D eigenvalue weighted by atomic mass is 10.1. The third kappa shape index (κ3) is 1.74. The number of nitrogen functional groups attached to an aromatic ring is 1. The number of anilines is 1. The molecule has 0 spiro atoms. The van der Waals surface area contributed by atoms with E-state index in [4.69, 9.17) is 5.84 Å². The zero-order chi connectivity index (χ0) is 8.97. The van der Waals surface area contributed by atoms with Gasteiger partial charge < -0.3 is 5.43 Å². The van der Waals surface area contributed by atoms with Crippen LogP contribution in [0.5, 0.6) is 0 Å². The van der Waals surface area contributed by atoms with Crippen molar-refractivity contribution < 1.29 is 0 Å². The molecule has 3 N–H and O–H groups in total. The van der Waals surface area contributed by atoms with Gasteiger partial charge in [0.2, 0.25) is 0 Å². The fourth-order valence-electron chi connectivity index (χ4n) is 1.24. The highest BCUT2D eigenvalue weighted by Crippen LogP contribution is 2.11. The van der Waals surface area contributed by atoms with Crippen LogP contribution in [0.25, 0.3) is 0 Å². The summed E-state index contributed by atoms with van der Waals surface area (Å²) in [6, 6.07) is 3.97. The predicted octanol–water partition coefficient (Wildman–Crippen LogP) is 1.49. The molecule has 0 radical (unpaired) electrons. The van der Waals surface area contributed by atoms with E-state index in [-0.39, 0.29) is 0 Å². The maximum absolute atomic E-state index is 5.25. The van der Waals surface area contributed by atoms with Crippen molar-refractivity contribution in [2.45, 2.75) is 26.7 Å². The lowest BCUT2D eigenvalue weighted by Crippen LogP contribution is -2.10. The minimum atomic E-state index is 0.740. The first kappa shape index (κ1) is 9.00. The summed E-state index contributed by atoms with van der Waals surface area (Å²) >= 11 is 0. The Balaban J connectivity index is 3.02. The van der Waals surface area contributed by atoms with Crippen molar-refractivity contribution in [2.75, 3.05) is 5.43 Å². The van der Waals surface area contributed by atoms with Crippen LogP contribution < -0.4 is 11.3 Å². The molecule has 0 saturated heterocycles. The molecule has 0 saturated carbocycles. The van der Waals surface area contributed by atoms with E-state index in [1.165, 1.54) is 5.56 Å². The molecule has 0 fully saturated rings. The molecule has 0 amide bonds. The quantitative estimate of drug-likeness (QED) is 0.527. The lowest BCUT2D eigenvalue weighted by Gasteiger charge is -2.06. The van der Waals surface area contributed by atoms with Crippen molar-refractivity contribution >= 4 is 5.82 Å². The van der Waals surface area contributed by atoms with Crippen LogP contribution in [0.15, 0.2) is 12.1 Å². The molecule has 0 unspecified atom stereocenters. The number of hydrogen-bond acceptors (Lipinski definition) is 3. The van der Waals surface area contributed by atoms with Crippen molar-refractivity contribution in [3.8, 4) is 0 Å². The summed E-state index contributed by atoms with van der Waals surface area (Å²) in [7, 11) is 0. The Bertz CT molecular complexity index is 258. The zero-order valence-electron chi connectivity index (χ0n) is 7.59. The number of rotatable bonds is 3. The molecule has 0 aliphatic heterocycles. The average Bonchev–Trinajstić information content (AvgIpc) is 2.16. The largest absolute Gasteiger partial charge is 0.308 e. The number of nitrogens with zero attached hydrogens (tertiary/aromatic N) is 1. The number of nitrogens with one attached hydrogen (secondary N) is 1. The molecule has 1 heterocycles. The van der Waals surface area contributed by atoms with Gasteiger partial charge in [-0.3, -0.25) is 0 Å². The van der Waals surface area contributed by atoms with Crippen molar-refractivity contribution in [3.63, 3.8) is 0 Å². The number of hydrogen-bond donors (Lipinski definition) is 2. The van der Waals surface area contributed by atoms with Gasteiger partial charge in [-0.1, -0.05) is 19.9 Å². The first-order chi connectivity index (χ1) is 5.81. The van der Waals surface area contributed by atoms with Crippen LogP contribution in [0.3, 0.4) is 0 Å². The Kier molecular flexibility index (Phi) is 3.05. The Morgan fingerprint density at radius 1 is 1.33 bits per heavy atom. The van der Waals surface area contributed by atoms with Crippen LogP contribution in [-0.4, -0.2) is 4.98 Å². The Hall–Kier alpha value is -1.09. The summed E-state index contributed by atoms with van der Waals surface area (Å²) in [5.41, 5.74) is 4.98. The van der Waals surface area contributed by atoms with Crippen LogP contribution in [0.4, 0.5) is 5.82 Å². The maximum atomic E-state index is 5.25. The van der Waals surface area contributed by atoms with Crippen LogP contribution in [0.1, 0.15) is 25.1 Å². The summed E-state index contributed by atoms with van der Waals surface area (Å²) in [5, 5.41) is 0. The van der Waals surface area contributed by atoms with Crippen molar-refractivity contribution in [3.05, 3.63) is 23.4 Å². The third-order valence-corrected chi connectivity index (χ3v) is 1.93. The number of pyridine rings is 1. The fourth-order valence-corrected chi connectivity index (χ4v) is 1.24. The van der Waals surface area contributed by atoms with Gasteiger partial charge in [0.25, 0.3) is 0 Å². The SMILES string of the molecule is CCc1ccc(NN)nc1CC. The number of nitrogens with two attached hydrogens (primary N) is 1. The van der Waals surface area contributed by atoms with Crippen molar-refractivity contribution in [1.29, 1.82) is 0 Å². The van der Waals surface area contributed by atoms with Gasteiger partial charge >= 0.3 is 0 Å². The first-order valence-corrected chi connectivity index (χ1v) is 4.27. The van der Waals surface area contributed by atoms with Crippen LogP contribution in [0, 0.1) is 0 Å². The molecule has 1 rings (SSSR count). The molecule has 0 aromatic carbocycles. The molecular formula is C9H15N3. The molecule has 3 heteroatoms. The Morgan fingerprint density at radius 3 is 2.58 bits per heavy atom. The molecule has 12 heavy (non-hydrogen) atoms. The smallest absolute Gasteiger partial charge is 0.140 e. The zero-order valence-corrected chi connectivity index (χ0v) is 7.59. The Labute approximate surface area is 73.0 Å². The minimum absolute atomic E-state index is 0.740. The molecule has 1 aromatic rings. The lowest BCUT2D eigenvalue weighted by molar-refractivity contribution is 0.962. The monoisotopic (exact) mass is 165 g/mol. The van der Waals surface area contributed by atoms with E-state index in [1.807, 2.05) is 6.07 Å². The summed E-state index contributed by atoms with van der Waals surface area (Å²) in [6.45, 7) is 4.23. The topological polar surface area (TPSA) is 50.9 Å². The third-order valence-electron chi connectivity index (χ3n) is 1.93. The minimum Gasteiger partial charge on any atom is -0.308 e. The number of aryl methyl sites for hydroxylation is 2. The van der Waals surface area contributed by atoms with Gasteiger partial charge in [-0.25, -0.2) is 10.8 Å². The predicted molar refractivity (Wildman–Crippen MR) is 50.8 cm³/mol. The highest BCUT2D eigenvalue weighted by molar-refractivity contribution is 5.37. The first-order valence-electron chi connectivity index (χ1n) is 4.27. The van der Waals surface area contributed by atoms with Gasteiger partial charge in [-0.15, -0.1) is 0 Å². The van der Waals surface area contributed by atoms with Gasteiger partial charge in [0.15, 0.2) is 0 Å². The van der Waals surface area contributed by atoms with E-state index in [1.54, 1.807) is 0 Å². The fraction of sp³-hybridized carbons (Fsp3) is 0.444. The average molecular weight is 165 g/mol. The summed E-state index contributed by atoms with van der Waals surface area (Å²) in [4.78, 5) is 4.34. The second-order valence-corrected chi connectivity index (χ2v) is 2.65. The van der Waals surface area contributed by atoms with Gasteiger partial charge in [0, 0.05) is 5.69 Å². The van der Waals surface area contributed by atoms with Crippen LogP contribution >= 0.6 is 0 Å². The normalized spacial score (nSPS) is 9.92. The van der Waals surface area contributed by atoms with E-state index < -0.39 is 0 Å². The van der Waals surface area contributed by atoms with Crippen molar-refractivity contribution in [2.24, 2.45) is 5.84 Å². The second kappa shape index (κ2) is 4.07. The van der Waals surface area contributed by atoms with E-state index in [0.29, 0.717) is 0 Å². The van der Waals surface area contributed by atoms with Gasteiger partial charge in [-0.05, 0) is 24.5 Å². The molecule has 1 aromatic heterocycles. The molecule has 0 bridgehead atoms.